The van der Waals surface area contributed by atoms with Gasteiger partial charge in [0.1, 0.15) is 0 Å². The number of hydrogen-bond donors (Lipinski definition) is 2. The molecule has 1 rings (SSSR count). The van der Waals surface area contributed by atoms with Gasteiger partial charge < -0.3 is 11.1 Å². The van der Waals surface area contributed by atoms with Crippen LogP contribution in [0, 0.1) is 0 Å². The summed E-state index contributed by atoms with van der Waals surface area (Å²) in [7, 11) is 0. The highest BCUT2D eigenvalue weighted by atomic mass is 35.5. The summed E-state index contributed by atoms with van der Waals surface area (Å²) in [6, 6.07) is 7.46. The maximum Gasteiger partial charge on any atom is 0.234 e. The fourth-order valence-electron chi connectivity index (χ4n) is 1.37. The van der Waals surface area contributed by atoms with Crippen LogP contribution in [-0.4, -0.2) is 12.5 Å². The average Bonchev–Trinajstić information content (AvgIpc) is 2.27. The number of rotatable bonds is 4. The lowest BCUT2D eigenvalue weighted by Gasteiger charge is -2.16. The van der Waals surface area contributed by atoms with Gasteiger partial charge >= 0.3 is 0 Å². The van der Waals surface area contributed by atoms with Crippen molar-refractivity contribution in [2.45, 2.75) is 19.4 Å². The SMILES string of the molecule is CCC(NC(=O)CN)c1ccc(Cl)cc1.Cl. The van der Waals surface area contributed by atoms with Gasteiger partial charge in [-0.05, 0) is 24.1 Å². The van der Waals surface area contributed by atoms with Gasteiger partial charge in [0.2, 0.25) is 5.91 Å². The zero-order valence-electron chi connectivity index (χ0n) is 9.07. The normalized spacial score (nSPS) is 11.4. The lowest BCUT2D eigenvalue weighted by atomic mass is 10.0. The van der Waals surface area contributed by atoms with Crippen LogP contribution in [0.4, 0.5) is 0 Å². The van der Waals surface area contributed by atoms with Gasteiger partial charge in [-0.25, -0.2) is 0 Å². The molecule has 0 radical (unpaired) electrons. The van der Waals surface area contributed by atoms with Crippen molar-refractivity contribution in [2.24, 2.45) is 5.73 Å². The van der Waals surface area contributed by atoms with Crippen LogP contribution in [0.25, 0.3) is 0 Å². The molecule has 1 atom stereocenters. The van der Waals surface area contributed by atoms with E-state index in [0.29, 0.717) is 5.02 Å². The van der Waals surface area contributed by atoms with E-state index in [-0.39, 0.29) is 30.9 Å². The molecule has 1 unspecified atom stereocenters. The number of halogens is 2. The predicted molar refractivity (Wildman–Crippen MR) is 68.9 cm³/mol. The molecule has 0 bridgehead atoms. The Balaban J connectivity index is 0.00000225. The minimum atomic E-state index is -0.142. The number of carbonyl (C=O) groups is 1. The van der Waals surface area contributed by atoms with E-state index in [0.717, 1.165) is 12.0 Å². The molecule has 5 heteroatoms. The first-order valence-corrected chi connectivity index (χ1v) is 5.30. The van der Waals surface area contributed by atoms with Gasteiger partial charge in [0.25, 0.3) is 0 Å². The second-order valence-electron chi connectivity index (χ2n) is 3.28. The van der Waals surface area contributed by atoms with E-state index in [9.17, 15) is 4.79 Å². The highest BCUT2D eigenvalue weighted by Crippen LogP contribution is 2.18. The van der Waals surface area contributed by atoms with E-state index in [2.05, 4.69) is 5.32 Å². The predicted octanol–water partition coefficient (Wildman–Crippen LogP) is 2.29. The Morgan fingerprint density at radius 3 is 2.44 bits per heavy atom. The minimum Gasteiger partial charge on any atom is -0.348 e. The standard InChI is InChI=1S/C11H15ClN2O.ClH/c1-2-10(14-11(15)7-13)8-3-5-9(12)6-4-8;/h3-6,10H,2,7,13H2,1H3,(H,14,15);1H. The number of benzene rings is 1. The van der Waals surface area contributed by atoms with Crippen LogP contribution >= 0.6 is 24.0 Å². The third kappa shape index (κ3) is 4.39. The first kappa shape index (κ1) is 15.2. The summed E-state index contributed by atoms with van der Waals surface area (Å²) in [6.45, 7) is 2.03. The third-order valence-electron chi connectivity index (χ3n) is 2.20. The average molecular weight is 263 g/mol. The van der Waals surface area contributed by atoms with E-state index in [1.54, 1.807) is 0 Å². The van der Waals surface area contributed by atoms with Crippen molar-refractivity contribution in [3.63, 3.8) is 0 Å². The molecule has 0 saturated heterocycles. The van der Waals surface area contributed by atoms with E-state index in [1.807, 2.05) is 31.2 Å². The highest BCUT2D eigenvalue weighted by Gasteiger charge is 2.10. The lowest BCUT2D eigenvalue weighted by molar-refractivity contribution is -0.120. The Labute approximate surface area is 107 Å². The van der Waals surface area contributed by atoms with Gasteiger partial charge in [0.05, 0.1) is 12.6 Å². The molecule has 90 valence electrons. The van der Waals surface area contributed by atoms with Crippen molar-refractivity contribution >= 4 is 29.9 Å². The summed E-state index contributed by atoms with van der Waals surface area (Å²) < 4.78 is 0. The summed E-state index contributed by atoms with van der Waals surface area (Å²) in [5.74, 6) is -0.142. The number of nitrogens with two attached hydrogens (primary N) is 1. The number of carbonyl (C=O) groups excluding carboxylic acids is 1. The molecule has 0 heterocycles. The second kappa shape index (κ2) is 7.49. The molecule has 0 saturated carbocycles. The van der Waals surface area contributed by atoms with Gasteiger partial charge in [-0.3, -0.25) is 4.79 Å². The van der Waals surface area contributed by atoms with Gasteiger partial charge in [0, 0.05) is 5.02 Å². The Morgan fingerprint density at radius 1 is 1.44 bits per heavy atom. The molecule has 1 aromatic rings. The fourth-order valence-corrected chi connectivity index (χ4v) is 1.50. The van der Waals surface area contributed by atoms with E-state index in [1.165, 1.54) is 0 Å². The van der Waals surface area contributed by atoms with Crippen LogP contribution < -0.4 is 11.1 Å². The first-order valence-electron chi connectivity index (χ1n) is 4.92. The molecule has 3 nitrogen and oxygen atoms in total. The topological polar surface area (TPSA) is 55.1 Å². The highest BCUT2D eigenvalue weighted by molar-refractivity contribution is 6.30. The van der Waals surface area contributed by atoms with Crippen LogP contribution in [0.5, 0.6) is 0 Å². The van der Waals surface area contributed by atoms with Crippen molar-refractivity contribution in [1.29, 1.82) is 0 Å². The molecule has 1 aromatic carbocycles. The van der Waals surface area contributed by atoms with Crippen molar-refractivity contribution in [2.75, 3.05) is 6.54 Å². The molecule has 0 aliphatic heterocycles. The number of hydrogen-bond acceptors (Lipinski definition) is 2. The molecule has 0 aliphatic carbocycles. The molecule has 0 aliphatic rings. The molecular formula is C11H16Cl2N2O. The summed E-state index contributed by atoms with van der Waals surface area (Å²) in [5, 5.41) is 3.54. The van der Waals surface area contributed by atoms with E-state index >= 15 is 0 Å². The maximum atomic E-state index is 11.2. The van der Waals surface area contributed by atoms with Gasteiger partial charge in [-0.2, -0.15) is 0 Å². The molecule has 0 aromatic heterocycles. The smallest absolute Gasteiger partial charge is 0.234 e. The Bertz CT molecular complexity index is 327. The molecule has 0 spiro atoms. The quantitative estimate of drug-likeness (QED) is 0.875. The maximum absolute atomic E-state index is 11.2. The van der Waals surface area contributed by atoms with Crippen molar-refractivity contribution in [3.8, 4) is 0 Å². The summed E-state index contributed by atoms with van der Waals surface area (Å²) >= 11 is 5.79. The molecular weight excluding hydrogens is 247 g/mol. The van der Waals surface area contributed by atoms with Gasteiger partial charge in [-0.15, -0.1) is 12.4 Å². The Kier molecular flexibility index (Phi) is 7.13. The van der Waals surface area contributed by atoms with Crippen LogP contribution in [0.15, 0.2) is 24.3 Å². The first-order chi connectivity index (χ1) is 7.17. The van der Waals surface area contributed by atoms with Crippen molar-refractivity contribution in [1.82, 2.24) is 5.32 Å². The van der Waals surface area contributed by atoms with Crippen LogP contribution in [0.3, 0.4) is 0 Å². The number of amides is 1. The second-order valence-corrected chi connectivity index (χ2v) is 3.72. The molecule has 16 heavy (non-hydrogen) atoms. The Morgan fingerprint density at radius 2 is 2.00 bits per heavy atom. The number of nitrogens with one attached hydrogen (secondary N) is 1. The van der Waals surface area contributed by atoms with Crippen LogP contribution in [0.2, 0.25) is 5.02 Å². The lowest BCUT2D eigenvalue weighted by Crippen LogP contribution is -2.33. The van der Waals surface area contributed by atoms with Gasteiger partial charge in [-0.1, -0.05) is 30.7 Å². The van der Waals surface area contributed by atoms with Crippen LogP contribution in [-0.2, 0) is 4.79 Å². The van der Waals surface area contributed by atoms with Gasteiger partial charge in [0.15, 0.2) is 0 Å². The molecule has 3 N–H and O–H groups in total. The van der Waals surface area contributed by atoms with Crippen LogP contribution in [0.1, 0.15) is 24.9 Å². The largest absolute Gasteiger partial charge is 0.348 e. The summed E-state index contributed by atoms with van der Waals surface area (Å²) in [4.78, 5) is 11.2. The minimum absolute atomic E-state index is 0. The Hall–Kier alpha value is -0.770. The fraction of sp³-hybridized carbons (Fsp3) is 0.364. The molecule has 0 fully saturated rings. The summed E-state index contributed by atoms with van der Waals surface area (Å²) in [5.41, 5.74) is 6.29. The third-order valence-corrected chi connectivity index (χ3v) is 2.45. The zero-order valence-corrected chi connectivity index (χ0v) is 10.6. The summed E-state index contributed by atoms with van der Waals surface area (Å²) in [6.07, 6.45) is 0.827. The zero-order chi connectivity index (χ0) is 11.3. The van der Waals surface area contributed by atoms with Crippen molar-refractivity contribution in [3.05, 3.63) is 34.9 Å². The van der Waals surface area contributed by atoms with E-state index in [4.69, 9.17) is 17.3 Å². The monoisotopic (exact) mass is 262 g/mol. The molecule has 1 amide bonds. The van der Waals surface area contributed by atoms with E-state index < -0.39 is 0 Å². The van der Waals surface area contributed by atoms with Crippen molar-refractivity contribution < 1.29 is 4.79 Å².